The lowest BCUT2D eigenvalue weighted by Gasteiger charge is -2.19. The summed E-state index contributed by atoms with van der Waals surface area (Å²) >= 11 is 7.26. The summed E-state index contributed by atoms with van der Waals surface area (Å²) in [6.07, 6.45) is -3.33. The van der Waals surface area contributed by atoms with Gasteiger partial charge in [-0.25, -0.2) is 0 Å². The van der Waals surface area contributed by atoms with Gasteiger partial charge in [-0.1, -0.05) is 29.8 Å². The fourth-order valence-corrected chi connectivity index (χ4v) is 3.51. The van der Waals surface area contributed by atoms with Crippen molar-refractivity contribution in [3.8, 4) is 11.3 Å². The Bertz CT molecular complexity index is 772. The second-order valence-corrected chi connectivity index (χ2v) is 7.35. The molecule has 2 unspecified atom stereocenters. The minimum atomic E-state index is -4.52. The van der Waals surface area contributed by atoms with E-state index in [-0.39, 0.29) is 24.3 Å². The van der Waals surface area contributed by atoms with Crippen LogP contribution in [0.25, 0.3) is 11.3 Å². The summed E-state index contributed by atoms with van der Waals surface area (Å²) in [5, 5.41) is 16.8. The third-order valence-electron chi connectivity index (χ3n) is 3.74. The van der Waals surface area contributed by atoms with Crippen LogP contribution in [0.1, 0.15) is 18.9 Å². The molecule has 2 atom stereocenters. The van der Waals surface area contributed by atoms with Crippen molar-refractivity contribution < 1.29 is 23.1 Å². The van der Waals surface area contributed by atoms with E-state index >= 15 is 0 Å². The van der Waals surface area contributed by atoms with Crippen LogP contribution in [0.15, 0.2) is 30.5 Å². The van der Waals surface area contributed by atoms with Crippen molar-refractivity contribution in [2.24, 2.45) is 5.73 Å². The van der Waals surface area contributed by atoms with E-state index in [9.17, 15) is 18.0 Å². The minimum absolute atomic E-state index is 0.166. The summed E-state index contributed by atoms with van der Waals surface area (Å²) in [5.74, 6) is -0.605. The molecule has 0 saturated carbocycles. The number of nitrogens with two attached hydrogens (primary N) is 1. The first kappa shape index (κ1) is 21.5. The monoisotopic (exact) mass is 422 g/mol. The smallest absolute Gasteiger partial charge is 0.412 e. The third-order valence-corrected chi connectivity index (χ3v) is 5.12. The molecule has 27 heavy (non-hydrogen) atoms. The van der Waals surface area contributed by atoms with Gasteiger partial charge in [0.25, 0.3) is 0 Å². The Morgan fingerprint density at radius 2 is 1.96 bits per heavy atom. The first-order valence-corrected chi connectivity index (χ1v) is 9.53. The topological polar surface area (TPSA) is 94.0 Å². The van der Waals surface area contributed by atoms with E-state index < -0.39 is 24.2 Å². The van der Waals surface area contributed by atoms with E-state index in [0.717, 1.165) is 0 Å². The molecule has 2 rings (SSSR count). The van der Waals surface area contributed by atoms with Gasteiger partial charge in [0.15, 0.2) is 6.04 Å². The summed E-state index contributed by atoms with van der Waals surface area (Å²) in [6.45, 7) is 0. The van der Waals surface area contributed by atoms with Crippen molar-refractivity contribution in [3.63, 3.8) is 0 Å². The lowest BCUT2D eigenvalue weighted by atomic mass is 10.2. The van der Waals surface area contributed by atoms with Crippen molar-refractivity contribution in [2.45, 2.75) is 31.1 Å². The average Bonchev–Trinajstić information content (AvgIpc) is 3.06. The number of aromatic nitrogens is 3. The van der Waals surface area contributed by atoms with Crippen molar-refractivity contribution in [1.29, 1.82) is 0 Å². The number of alkyl halides is 3. The van der Waals surface area contributed by atoms with Crippen LogP contribution in [0.4, 0.5) is 13.2 Å². The maximum Gasteiger partial charge on any atom is 0.412 e. The molecule has 1 aromatic heterocycles. The molecule has 148 valence electrons. The van der Waals surface area contributed by atoms with E-state index in [0.29, 0.717) is 21.1 Å². The van der Waals surface area contributed by atoms with Crippen LogP contribution in [0.2, 0.25) is 5.02 Å². The summed E-state index contributed by atoms with van der Waals surface area (Å²) < 4.78 is 40.2. The predicted molar refractivity (Wildman–Crippen MR) is 97.7 cm³/mol. The van der Waals surface area contributed by atoms with Crippen LogP contribution in [-0.2, 0) is 4.79 Å². The molecule has 11 heteroatoms. The number of carbonyl (C=O) groups is 1. The molecule has 0 spiro atoms. The van der Waals surface area contributed by atoms with Crippen molar-refractivity contribution in [2.75, 3.05) is 11.5 Å². The highest BCUT2D eigenvalue weighted by atomic mass is 35.5. The maximum absolute atomic E-state index is 13.4. The molecule has 0 aliphatic rings. The van der Waals surface area contributed by atoms with Gasteiger partial charge in [-0.3, -0.25) is 4.79 Å². The number of aliphatic carboxylic acids is 1. The molecule has 0 aliphatic carbocycles. The number of carboxylic acids is 1. The van der Waals surface area contributed by atoms with Gasteiger partial charge in [0, 0.05) is 5.56 Å². The second kappa shape index (κ2) is 9.43. The molecule has 2 aromatic rings. The second-order valence-electron chi connectivity index (χ2n) is 5.72. The Morgan fingerprint density at radius 3 is 2.59 bits per heavy atom. The lowest BCUT2D eigenvalue weighted by molar-refractivity contribution is -0.173. The molecule has 1 heterocycles. The molecular formula is C16H18ClF3N4O2S. The van der Waals surface area contributed by atoms with Crippen LogP contribution in [0.3, 0.4) is 0 Å². The number of hydrogen-bond acceptors (Lipinski definition) is 5. The van der Waals surface area contributed by atoms with E-state index in [2.05, 4.69) is 10.2 Å². The number of nitrogens with zero attached hydrogens (tertiary/aromatic N) is 3. The number of halogens is 4. The van der Waals surface area contributed by atoms with Crippen molar-refractivity contribution >= 4 is 29.3 Å². The van der Waals surface area contributed by atoms with Gasteiger partial charge < -0.3 is 10.8 Å². The van der Waals surface area contributed by atoms with Gasteiger partial charge in [-0.05, 0) is 30.4 Å². The Labute approximate surface area is 162 Å². The minimum Gasteiger partial charge on any atom is -0.480 e. The average molecular weight is 423 g/mol. The molecular weight excluding hydrogens is 405 g/mol. The number of hydrogen-bond donors (Lipinski definition) is 2. The zero-order chi connectivity index (χ0) is 20.0. The molecule has 0 radical (unpaired) electrons. The molecule has 0 amide bonds. The summed E-state index contributed by atoms with van der Waals surface area (Å²) in [6, 6.07) is 3.80. The highest BCUT2D eigenvalue weighted by Gasteiger charge is 2.42. The first-order chi connectivity index (χ1) is 12.7. The van der Waals surface area contributed by atoms with Crippen molar-refractivity contribution in [3.05, 3.63) is 35.5 Å². The summed E-state index contributed by atoms with van der Waals surface area (Å²) in [7, 11) is 0. The van der Waals surface area contributed by atoms with E-state index in [1.54, 1.807) is 24.3 Å². The maximum atomic E-state index is 13.4. The molecule has 6 nitrogen and oxygen atoms in total. The fraction of sp³-hybridized carbons (Fsp3) is 0.438. The highest BCUT2D eigenvalue weighted by molar-refractivity contribution is 7.99. The van der Waals surface area contributed by atoms with Crippen LogP contribution in [0.5, 0.6) is 0 Å². The molecule has 0 saturated heterocycles. The van der Waals surface area contributed by atoms with Crippen molar-refractivity contribution in [1.82, 2.24) is 15.0 Å². The van der Waals surface area contributed by atoms with Gasteiger partial charge in [-0.15, -0.1) is 0 Å². The van der Waals surface area contributed by atoms with Gasteiger partial charge in [0.05, 0.1) is 11.2 Å². The Balaban J connectivity index is 2.01. The standard InChI is InChI=1S/C16H18ClF3N4O2S/c17-11-4-2-1-3-10(11)13-9-22-24(23-13)14(16(18,19)20)6-8-27-7-5-12(21)15(25)26/h1-4,9,12,14H,5-8,21H2,(H,25,26). The van der Waals surface area contributed by atoms with Gasteiger partial charge in [0.2, 0.25) is 0 Å². The molecule has 0 bridgehead atoms. The molecule has 0 aliphatic heterocycles. The number of benzene rings is 1. The zero-order valence-electron chi connectivity index (χ0n) is 14.1. The van der Waals surface area contributed by atoms with Crippen LogP contribution in [0, 0.1) is 0 Å². The van der Waals surface area contributed by atoms with Gasteiger partial charge in [0.1, 0.15) is 11.7 Å². The van der Waals surface area contributed by atoms with Gasteiger partial charge >= 0.3 is 12.1 Å². The quantitative estimate of drug-likeness (QED) is 0.599. The first-order valence-electron chi connectivity index (χ1n) is 7.99. The Hall–Kier alpha value is -1.78. The fourth-order valence-electron chi connectivity index (χ4n) is 2.26. The van der Waals surface area contributed by atoms with E-state index in [1.807, 2.05) is 0 Å². The third kappa shape index (κ3) is 6.12. The van der Waals surface area contributed by atoms with E-state index in [4.69, 9.17) is 22.4 Å². The predicted octanol–water partition coefficient (Wildman–Crippen LogP) is 3.63. The van der Waals surface area contributed by atoms with Gasteiger partial charge in [-0.2, -0.15) is 39.9 Å². The molecule has 3 N–H and O–H groups in total. The Morgan fingerprint density at radius 1 is 1.30 bits per heavy atom. The Kier molecular flexibility index (Phi) is 7.51. The van der Waals surface area contributed by atoms with E-state index in [1.165, 1.54) is 18.0 Å². The SMILES string of the molecule is NC(CCSCCC(n1ncc(-c2ccccc2Cl)n1)C(F)(F)F)C(=O)O. The van der Waals surface area contributed by atoms with Crippen LogP contribution < -0.4 is 5.73 Å². The molecule has 1 aromatic carbocycles. The largest absolute Gasteiger partial charge is 0.480 e. The zero-order valence-corrected chi connectivity index (χ0v) is 15.6. The highest BCUT2D eigenvalue weighted by Crippen LogP contribution is 2.34. The van der Waals surface area contributed by atoms with Crippen LogP contribution in [-0.4, -0.2) is 49.8 Å². The lowest BCUT2D eigenvalue weighted by Crippen LogP contribution is -2.30. The number of rotatable bonds is 9. The number of thioether (sulfide) groups is 1. The summed E-state index contributed by atoms with van der Waals surface area (Å²) in [5.41, 5.74) is 6.12. The number of carboxylic acid groups (broad SMARTS) is 1. The summed E-state index contributed by atoms with van der Waals surface area (Å²) in [4.78, 5) is 11.3. The molecule has 0 fully saturated rings. The van der Waals surface area contributed by atoms with Crippen LogP contribution >= 0.6 is 23.4 Å². The normalized spacial score (nSPS) is 14.1.